The number of carbonyl (C=O) groups excluding carboxylic acids is 3. The minimum atomic E-state index is -1.10. The highest BCUT2D eigenvalue weighted by Gasteiger charge is 2.60. The van der Waals surface area contributed by atoms with Crippen LogP contribution in [0.3, 0.4) is 0 Å². The highest BCUT2D eigenvalue weighted by Crippen LogP contribution is 2.53. The van der Waals surface area contributed by atoms with Crippen molar-refractivity contribution >= 4 is 29.1 Å². The third kappa shape index (κ3) is 3.85. The van der Waals surface area contributed by atoms with Crippen molar-refractivity contribution in [1.82, 2.24) is 4.90 Å². The van der Waals surface area contributed by atoms with Gasteiger partial charge in [-0.3, -0.25) is 14.4 Å². The van der Waals surface area contributed by atoms with Gasteiger partial charge in [0.25, 0.3) is 5.91 Å². The zero-order valence-electron chi connectivity index (χ0n) is 21.1. The molecule has 2 aromatic carbocycles. The fraction of sp³-hybridized carbons (Fsp3) is 0.483. The van der Waals surface area contributed by atoms with Crippen molar-refractivity contribution in [3.63, 3.8) is 0 Å². The van der Waals surface area contributed by atoms with Gasteiger partial charge >= 0.3 is 0 Å². The molecule has 4 aliphatic rings. The van der Waals surface area contributed by atoms with Gasteiger partial charge < -0.3 is 24.5 Å². The summed E-state index contributed by atoms with van der Waals surface area (Å²) in [5.41, 5.74) is 2.45. The van der Waals surface area contributed by atoms with Gasteiger partial charge in [0.05, 0.1) is 37.4 Å². The van der Waals surface area contributed by atoms with Crippen LogP contribution in [-0.2, 0) is 31.3 Å². The maximum Gasteiger partial charge on any atom is 0.264 e. The fourth-order valence-corrected chi connectivity index (χ4v) is 6.53. The minimum absolute atomic E-state index is 0.0119. The van der Waals surface area contributed by atoms with Gasteiger partial charge in [0.2, 0.25) is 11.8 Å². The van der Waals surface area contributed by atoms with Crippen molar-refractivity contribution in [1.29, 1.82) is 0 Å². The Morgan fingerprint density at radius 3 is 2.59 bits per heavy atom. The minimum Gasteiger partial charge on any atom is -0.394 e. The summed E-state index contributed by atoms with van der Waals surface area (Å²) in [6.45, 7) is 3.83. The summed E-state index contributed by atoms with van der Waals surface area (Å²) in [7, 11) is 0. The summed E-state index contributed by atoms with van der Waals surface area (Å²) in [5.74, 6) is -0.0546. The van der Waals surface area contributed by atoms with E-state index in [2.05, 4.69) is 0 Å². The number of carbonyl (C=O) groups is 3. The van der Waals surface area contributed by atoms with Gasteiger partial charge in [-0.25, -0.2) is 0 Å². The smallest absolute Gasteiger partial charge is 0.264 e. The van der Waals surface area contributed by atoms with E-state index >= 15 is 0 Å². The number of ether oxygens (including phenoxy) is 1. The van der Waals surface area contributed by atoms with Crippen molar-refractivity contribution in [3.8, 4) is 0 Å². The number of hydrogen-bond acceptors (Lipinski definition) is 5. The molecular weight excluding hydrogens is 470 g/mol. The van der Waals surface area contributed by atoms with Gasteiger partial charge in [-0.2, -0.15) is 0 Å². The Morgan fingerprint density at radius 2 is 1.89 bits per heavy atom. The second-order valence-corrected chi connectivity index (χ2v) is 10.8. The average Bonchev–Trinajstić information content (AvgIpc) is 3.57. The number of aliphatic hydroxyl groups is 1. The van der Waals surface area contributed by atoms with E-state index in [1.165, 1.54) is 0 Å². The molecule has 0 aliphatic carbocycles. The third-order valence-corrected chi connectivity index (χ3v) is 8.57. The van der Waals surface area contributed by atoms with Crippen LogP contribution in [0.1, 0.15) is 50.2 Å². The Balaban J connectivity index is 1.22. The summed E-state index contributed by atoms with van der Waals surface area (Å²) in [6, 6.07) is 15.5. The molecule has 0 radical (unpaired) electrons. The summed E-state index contributed by atoms with van der Waals surface area (Å²) >= 11 is 0. The first-order valence-electron chi connectivity index (χ1n) is 13.3. The maximum atomic E-state index is 14.1. The molecule has 194 valence electrons. The molecule has 2 aromatic rings. The molecule has 0 unspecified atom stereocenters. The van der Waals surface area contributed by atoms with E-state index in [1.807, 2.05) is 55.5 Å². The summed E-state index contributed by atoms with van der Waals surface area (Å²) < 4.78 is 6.57. The second kappa shape index (κ2) is 9.26. The molecule has 1 N–H and O–H groups in total. The van der Waals surface area contributed by atoms with Gasteiger partial charge in [-0.1, -0.05) is 37.3 Å². The standard InChI is InChI=1S/C29H33N3O5/c1-19-15-23(16-27(35)30-13-4-5-22(30)18-33)37-29(19)24-6-2-3-7-25(24)32(28(29)36)17-20-8-10-21(11-9-20)31-14-12-26(31)34/h2-3,6-11,19,22-23,33H,4-5,12-18H2,1H3/t19-,22-,23-,29+/m0/s1. The molecule has 4 heterocycles. The molecule has 1 spiro atoms. The fourth-order valence-electron chi connectivity index (χ4n) is 6.53. The summed E-state index contributed by atoms with van der Waals surface area (Å²) in [6.07, 6.45) is 2.80. The molecule has 8 heteroatoms. The molecule has 0 bridgehead atoms. The van der Waals surface area contributed by atoms with Gasteiger partial charge in [0.15, 0.2) is 5.60 Å². The van der Waals surface area contributed by atoms with Crippen LogP contribution in [0.4, 0.5) is 11.4 Å². The van der Waals surface area contributed by atoms with E-state index in [4.69, 9.17) is 4.74 Å². The lowest BCUT2D eigenvalue weighted by atomic mass is 9.83. The van der Waals surface area contributed by atoms with Gasteiger partial charge in [-0.15, -0.1) is 0 Å². The monoisotopic (exact) mass is 503 g/mol. The Bertz CT molecular complexity index is 1230. The highest BCUT2D eigenvalue weighted by atomic mass is 16.5. The predicted molar refractivity (Wildman–Crippen MR) is 138 cm³/mol. The van der Waals surface area contributed by atoms with E-state index in [-0.39, 0.29) is 48.8 Å². The van der Waals surface area contributed by atoms with Crippen LogP contribution >= 0.6 is 0 Å². The number of rotatable bonds is 6. The van der Waals surface area contributed by atoms with Crippen molar-refractivity contribution in [2.24, 2.45) is 5.92 Å². The van der Waals surface area contributed by atoms with Crippen LogP contribution < -0.4 is 9.80 Å². The number of hydrogen-bond donors (Lipinski definition) is 1. The van der Waals surface area contributed by atoms with Crippen LogP contribution in [0, 0.1) is 5.92 Å². The zero-order valence-corrected chi connectivity index (χ0v) is 21.1. The molecular formula is C29H33N3O5. The lowest BCUT2D eigenvalue weighted by Gasteiger charge is -2.31. The molecule has 6 rings (SSSR count). The first kappa shape index (κ1) is 24.1. The first-order valence-corrected chi connectivity index (χ1v) is 13.3. The molecule has 37 heavy (non-hydrogen) atoms. The van der Waals surface area contributed by atoms with Crippen LogP contribution in [0.25, 0.3) is 0 Å². The Hall–Kier alpha value is -3.23. The molecule has 4 atom stereocenters. The van der Waals surface area contributed by atoms with Gasteiger partial charge in [0.1, 0.15) is 0 Å². The number of fused-ring (bicyclic) bond motifs is 2. The van der Waals surface area contributed by atoms with Gasteiger partial charge in [0, 0.05) is 36.7 Å². The zero-order chi connectivity index (χ0) is 25.7. The van der Waals surface area contributed by atoms with E-state index in [0.29, 0.717) is 25.9 Å². The predicted octanol–water partition coefficient (Wildman–Crippen LogP) is 2.96. The number of anilines is 2. The van der Waals surface area contributed by atoms with Crippen LogP contribution in [-0.4, -0.2) is 59.6 Å². The summed E-state index contributed by atoms with van der Waals surface area (Å²) in [5, 5.41) is 9.63. The quantitative estimate of drug-likeness (QED) is 0.613. The van der Waals surface area contributed by atoms with Crippen molar-refractivity contribution in [3.05, 3.63) is 59.7 Å². The molecule has 4 aliphatic heterocycles. The molecule has 3 amide bonds. The van der Waals surface area contributed by atoms with Crippen LogP contribution in [0.5, 0.6) is 0 Å². The second-order valence-electron chi connectivity index (χ2n) is 10.8. The maximum absolute atomic E-state index is 14.1. The number of β-lactam (4-membered cyclic amide) rings is 1. The van der Waals surface area contributed by atoms with E-state index < -0.39 is 5.60 Å². The van der Waals surface area contributed by atoms with Gasteiger partial charge in [-0.05, 0) is 43.0 Å². The number of likely N-dealkylation sites (tertiary alicyclic amines) is 1. The topological polar surface area (TPSA) is 90.4 Å². The summed E-state index contributed by atoms with van der Waals surface area (Å²) in [4.78, 5) is 44.2. The number of nitrogens with zero attached hydrogens (tertiary/aromatic N) is 3. The van der Waals surface area contributed by atoms with Crippen molar-refractivity contribution < 1.29 is 24.2 Å². The molecule has 3 fully saturated rings. The van der Waals surface area contributed by atoms with Crippen LogP contribution in [0.15, 0.2) is 48.5 Å². The number of para-hydroxylation sites is 1. The molecule has 3 saturated heterocycles. The lowest BCUT2D eigenvalue weighted by molar-refractivity contribution is -0.150. The van der Waals surface area contributed by atoms with Crippen molar-refractivity contribution in [2.75, 3.05) is 29.5 Å². The Kier molecular flexibility index (Phi) is 6.04. The molecule has 8 nitrogen and oxygen atoms in total. The number of amides is 3. The lowest BCUT2D eigenvalue weighted by Crippen LogP contribution is -2.44. The van der Waals surface area contributed by atoms with E-state index in [1.54, 1.807) is 14.7 Å². The first-order chi connectivity index (χ1) is 17.9. The molecule has 0 saturated carbocycles. The highest BCUT2D eigenvalue weighted by molar-refractivity contribution is 6.07. The number of benzene rings is 2. The Morgan fingerprint density at radius 1 is 1.11 bits per heavy atom. The Labute approximate surface area is 216 Å². The number of aliphatic hydroxyl groups excluding tert-OH is 1. The third-order valence-electron chi connectivity index (χ3n) is 8.57. The van der Waals surface area contributed by atoms with Crippen LogP contribution in [0.2, 0.25) is 0 Å². The van der Waals surface area contributed by atoms with Crippen molar-refractivity contribution in [2.45, 2.75) is 63.3 Å². The molecule has 0 aromatic heterocycles. The largest absolute Gasteiger partial charge is 0.394 e. The average molecular weight is 504 g/mol. The van der Waals surface area contributed by atoms with E-state index in [0.717, 1.165) is 41.9 Å². The SMILES string of the molecule is C[C@H]1C[C@@H](CC(=O)N2CCC[C@H]2CO)O[C@]12C(=O)N(Cc1ccc(N3CCC3=O)cc1)c1ccccc12. The normalized spacial score (nSPS) is 28.8. The van der Waals surface area contributed by atoms with E-state index in [9.17, 15) is 19.5 Å².